The Kier molecular flexibility index (Phi) is 35.6. The maximum atomic E-state index is 14.1. The third-order valence-corrected chi connectivity index (χ3v) is 19.0. The number of quaternary nitrogens is 1. The van der Waals surface area contributed by atoms with Crippen LogP contribution >= 0.6 is 11.8 Å². The Bertz CT molecular complexity index is 2470. The number of amidine groups is 1. The zero-order valence-corrected chi connectivity index (χ0v) is 55.5. The summed E-state index contributed by atoms with van der Waals surface area (Å²) in [7, 11) is 1.39. The van der Waals surface area contributed by atoms with Crippen LogP contribution in [0.5, 0.6) is 0 Å². The number of hydrogen-bond acceptors (Lipinski definition) is 20. The molecule has 0 radical (unpaired) electrons. The average Bonchev–Trinajstić information content (AvgIpc) is 1.01. The summed E-state index contributed by atoms with van der Waals surface area (Å²) in [5.41, 5.74) is 1.84. The molecule has 1 saturated carbocycles. The Morgan fingerprint density at radius 2 is 1.21 bits per heavy atom. The van der Waals surface area contributed by atoms with E-state index in [4.69, 9.17) is 10.5 Å². The van der Waals surface area contributed by atoms with Crippen molar-refractivity contribution in [2.75, 3.05) is 58.7 Å². The Morgan fingerprint density at radius 3 is 1.74 bits per heavy atom. The number of nitrogens with one attached hydrogen (secondary N) is 9. The van der Waals surface area contributed by atoms with E-state index in [2.05, 4.69) is 60.2 Å². The van der Waals surface area contributed by atoms with Crippen molar-refractivity contribution in [1.29, 1.82) is 0 Å². The van der Waals surface area contributed by atoms with E-state index in [0.717, 1.165) is 50.3 Å². The summed E-state index contributed by atoms with van der Waals surface area (Å²) in [6, 6.07) is -5.44. The molecule has 1 aliphatic heterocycles. The van der Waals surface area contributed by atoms with Crippen molar-refractivity contribution in [3.05, 3.63) is 12.2 Å². The lowest BCUT2D eigenvalue weighted by molar-refractivity contribution is -0.455. The molecular formula is C61H108N11O18S+. The summed E-state index contributed by atoms with van der Waals surface area (Å²) >= 11 is 0.981. The molecule has 29 nitrogen and oxygen atoms in total. The molecule has 13 atom stereocenters. The van der Waals surface area contributed by atoms with E-state index in [-0.39, 0.29) is 119 Å². The third kappa shape index (κ3) is 26.0. The molecule has 2 aliphatic rings. The number of amides is 7. The highest BCUT2D eigenvalue weighted by Gasteiger charge is 2.74. The second kappa shape index (κ2) is 39.8. The fraction of sp³-hybridized carbons (Fsp3) is 0.787. The second-order valence-electron chi connectivity index (χ2n) is 24.6. The first kappa shape index (κ1) is 81.4. The Morgan fingerprint density at radius 1 is 0.703 bits per heavy atom. The number of carbonyl (C=O) groups excluding carboxylic acids is 10. The van der Waals surface area contributed by atoms with Crippen LogP contribution in [-0.4, -0.2) is 218 Å². The van der Waals surface area contributed by atoms with Crippen LogP contribution in [0, 0.1) is 11.8 Å². The highest BCUT2D eigenvalue weighted by molar-refractivity contribution is 8.01. The molecule has 7 amide bonds. The number of aliphatic carboxylic acids is 1. The molecule has 1 aliphatic carbocycles. The van der Waals surface area contributed by atoms with Gasteiger partial charge in [-0.15, -0.1) is 11.8 Å². The number of likely N-dealkylation sites (N-methyl/N-ethyl adjacent to an activating group) is 1. The fourth-order valence-electron chi connectivity index (χ4n) is 10.9. The Balaban J connectivity index is 2.10. The molecule has 2 fully saturated rings. The maximum Gasteiger partial charge on any atom is 0.250 e. The molecule has 13 unspecified atom stereocenters. The van der Waals surface area contributed by atoms with Gasteiger partial charge in [0.15, 0.2) is 5.78 Å². The van der Waals surface area contributed by atoms with Crippen molar-refractivity contribution < 1.29 is 99.2 Å². The predicted octanol–water partition coefficient (Wildman–Crippen LogP) is -5.48. The summed E-state index contributed by atoms with van der Waals surface area (Å²) < 4.78 is 6.11. The quantitative estimate of drug-likeness (QED) is 0.0117. The van der Waals surface area contributed by atoms with Crippen molar-refractivity contribution in [2.45, 2.75) is 234 Å². The molecule has 0 aromatic carbocycles. The summed E-state index contributed by atoms with van der Waals surface area (Å²) in [6.45, 7) is 9.99. The van der Waals surface area contributed by atoms with Gasteiger partial charge in [0.25, 0.3) is 5.84 Å². The van der Waals surface area contributed by atoms with Gasteiger partial charge in [-0.3, -0.25) is 53.9 Å². The molecule has 30 heteroatoms. The number of Topliss-reactive ketones (excluding diaryl/α,β-unsaturated/α-hetero) is 2. The monoisotopic (exact) mass is 1310 g/mol. The van der Waals surface area contributed by atoms with Crippen LogP contribution in [0.1, 0.15) is 170 Å². The van der Waals surface area contributed by atoms with Crippen molar-refractivity contribution in [3.8, 4) is 0 Å². The molecule has 520 valence electrons. The summed E-state index contributed by atoms with van der Waals surface area (Å²) in [5, 5.41) is 97.5. The van der Waals surface area contributed by atoms with Gasteiger partial charge in [-0.1, -0.05) is 57.6 Å². The van der Waals surface area contributed by atoms with Gasteiger partial charge in [-0.2, -0.15) is 0 Å². The number of carboxylic acids is 1. The predicted molar refractivity (Wildman–Crippen MR) is 335 cm³/mol. The van der Waals surface area contributed by atoms with Gasteiger partial charge in [0.05, 0.1) is 62.8 Å². The largest absolute Gasteiger partial charge is 0.550 e. The Hall–Kier alpha value is -5.70. The van der Waals surface area contributed by atoms with Gasteiger partial charge in [0.2, 0.25) is 41.4 Å². The number of thioether (sulfide) groups is 1. The number of aliphatic hydroxyl groups is 6. The van der Waals surface area contributed by atoms with E-state index in [1.54, 1.807) is 12.2 Å². The molecular weight excluding hydrogens is 1210 g/mol. The van der Waals surface area contributed by atoms with Gasteiger partial charge < -0.3 is 93.5 Å². The first-order chi connectivity index (χ1) is 42.7. The van der Waals surface area contributed by atoms with Crippen LogP contribution in [0.4, 0.5) is 0 Å². The molecule has 1 saturated heterocycles. The molecule has 2 rings (SSSR count). The fourth-order valence-corrected chi connectivity index (χ4v) is 12.1. The van der Waals surface area contributed by atoms with Crippen LogP contribution in [0.2, 0.25) is 0 Å². The second-order valence-corrected chi connectivity index (χ2v) is 26.0. The summed E-state index contributed by atoms with van der Waals surface area (Å²) in [4.78, 5) is 131. The Labute approximate surface area is 538 Å². The minimum atomic E-state index is -2.19. The van der Waals surface area contributed by atoms with Gasteiger partial charge in [-0.25, -0.2) is 0 Å². The van der Waals surface area contributed by atoms with Crippen molar-refractivity contribution >= 4 is 76.5 Å². The molecule has 20 N–H and O–H groups in total. The number of aliphatic hydroxyl groups excluding tert-OH is 3. The standard InChI is InChI=1S/C61H107N11O18S/c1-9-10-13-16-39(75)19-20-41-40(46(76)35-47(41)77)17-14-11-12-15-18-49(78)67-33-34-69-51(80)25-21-42(38(2)74)70-55(85)44(72-56(86)45(22-26-50(79)66-30-29-62)71-54(84)43(64-8)24-28-53(82)83)23-27-52(81)68-32-31-65-48(63)36-91-61(7)60(6,89)59(5,88)58(4,87)57(3,37-73)90-61/h19-20,39-45,47,64,73,75,77,87-89H,9-18,21-37,62H2,1-8H3,(H2,63,65)(H,66,79)(H,67,78)(H,68,81)(H,69,80)(H,70,85)(H,71,84)(H,72,86)(H,82,83)/p+1/b20-19+. The minimum absolute atomic E-state index is 0.0140. The van der Waals surface area contributed by atoms with Crippen LogP contribution in [-0.2, 0) is 52.7 Å². The number of carbonyl (C=O) groups is 10. The number of carboxylic acid groups (broad SMARTS) is 1. The zero-order valence-electron chi connectivity index (χ0n) is 54.6. The number of rotatable bonds is 45. The molecule has 0 spiro atoms. The molecule has 91 heavy (non-hydrogen) atoms. The number of ether oxygens (including phenoxy) is 1. The third-order valence-electron chi connectivity index (χ3n) is 17.5. The van der Waals surface area contributed by atoms with E-state index < -0.39 is 130 Å². The van der Waals surface area contributed by atoms with Crippen molar-refractivity contribution in [2.24, 2.45) is 17.6 Å². The van der Waals surface area contributed by atoms with Crippen molar-refractivity contribution in [1.82, 2.24) is 42.5 Å². The van der Waals surface area contributed by atoms with E-state index in [0.29, 0.717) is 25.8 Å². The topological polar surface area (TPSA) is 488 Å². The van der Waals surface area contributed by atoms with E-state index >= 15 is 0 Å². The zero-order chi connectivity index (χ0) is 68.8. The first-order valence-electron chi connectivity index (χ1n) is 31.9. The maximum absolute atomic E-state index is 14.1. The van der Waals surface area contributed by atoms with Crippen molar-refractivity contribution in [3.63, 3.8) is 0 Å². The number of nitrogens with two attached hydrogens (primary N) is 1. The lowest BCUT2D eigenvalue weighted by Gasteiger charge is -2.65. The minimum Gasteiger partial charge on any atom is -0.550 e. The van der Waals surface area contributed by atoms with Crippen LogP contribution < -0.4 is 64.1 Å². The van der Waals surface area contributed by atoms with Gasteiger partial charge in [-0.05, 0) is 100.0 Å². The van der Waals surface area contributed by atoms with E-state index in [1.165, 1.54) is 48.6 Å². The van der Waals surface area contributed by atoms with Crippen LogP contribution in [0.15, 0.2) is 12.2 Å². The van der Waals surface area contributed by atoms with Crippen LogP contribution in [0.3, 0.4) is 0 Å². The van der Waals surface area contributed by atoms with Crippen LogP contribution in [0.25, 0.3) is 0 Å². The number of hydrogen-bond donors (Lipinski definition) is 17. The van der Waals surface area contributed by atoms with E-state index in [1.807, 2.05) is 0 Å². The average molecular weight is 1320 g/mol. The van der Waals surface area contributed by atoms with Gasteiger partial charge in [0.1, 0.15) is 45.2 Å². The molecule has 0 bridgehead atoms. The SMILES string of the molecule is CCCCCC(O)/C=C/C1C(O)CC(=O)C1CCCCCCC(=O)NCCNC(=O)CCC(NC(=O)C(CCC(=O)NCC[NH+]=C(N)CSC1(C)OC(C)(CO)C(C)(O)C(C)(O)C1(C)O)NC(=O)C(CCC(=O)NCC[NH3+])NC(=O)C(CCC(=O)[O-])NC)C(C)=O. The normalized spacial score (nSPS) is 25.8. The lowest BCUT2D eigenvalue weighted by atomic mass is 9.62. The molecule has 1 heterocycles. The first-order valence-corrected chi connectivity index (χ1v) is 32.8. The molecule has 0 aromatic rings. The highest BCUT2D eigenvalue weighted by Crippen LogP contribution is 2.56. The lowest BCUT2D eigenvalue weighted by Crippen LogP contribution is -2.84. The smallest absolute Gasteiger partial charge is 0.250 e. The number of unbranched alkanes of at least 4 members (excludes halogenated alkanes) is 5. The van der Waals surface area contributed by atoms with E-state index in [9.17, 15) is 83.7 Å². The van der Waals surface area contributed by atoms with Gasteiger partial charge >= 0.3 is 0 Å². The molecule has 0 aromatic heterocycles. The van der Waals surface area contributed by atoms with Gasteiger partial charge in [0, 0.05) is 63.0 Å². The highest BCUT2D eigenvalue weighted by atomic mass is 32.2. The summed E-state index contributed by atoms with van der Waals surface area (Å²) in [5.74, 6) is -7.04. The summed E-state index contributed by atoms with van der Waals surface area (Å²) in [6.07, 6.45) is 6.90. The number of ketones is 2.